The molecule has 1 saturated carbocycles. The van der Waals surface area contributed by atoms with Gasteiger partial charge in [0.2, 0.25) is 5.91 Å². The molecule has 0 heterocycles. The molecule has 0 spiro atoms. The quantitative estimate of drug-likeness (QED) is 0.772. The SMILES string of the molecule is Cc1ccc(C2CCC(CC(=O)Nc3ccc(F)c(F)c3)CC2)cc1. The third-order valence-electron chi connectivity index (χ3n) is 5.07. The molecule has 25 heavy (non-hydrogen) atoms. The van der Waals surface area contributed by atoms with Gasteiger partial charge in [-0.15, -0.1) is 0 Å². The van der Waals surface area contributed by atoms with Crippen molar-refractivity contribution in [3.8, 4) is 0 Å². The summed E-state index contributed by atoms with van der Waals surface area (Å²) < 4.78 is 26.1. The fraction of sp³-hybridized carbons (Fsp3) is 0.381. The molecule has 1 N–H and O–H groups in total. The fourth-order valence-electron chi connectivity index (χ4n) is 3.59. The summed E-state index contributed by atoms with van der Waals surface area (Å²) in [5, 5.41) is 2.66. The summed E-state index contributed by atoms with van der Waals surface area (Å²) in [7, 11) is 0. The van der Waals surface area contributed by atoms with Crippen LogP contribution in [0.1, 0.15) is 49.1 Å². The molecule has 4 heteroatoms. The summed E-state index contributed by atoms with van der Waals surface area (Å²) in [6, 6.07) is 12.1. The Balaban J connectivity index is 1.49. The van der Waals surface area contributed by atoms with Crippen LogP contribution < -0.4 is 5.32 Å². The molecule has 0 aromatic heterocycles. The first-order valence-electron chi connectivity index (χ1n) is 8.82. The number of rotatable bonds is 4. The molecule has 0 atom stereocenters. The summed E-state index contributed by atoms with van der Waals surface area (Å²) in [6.07, 6.45) is 4.64. The molecule has 0 bridgehead atoms. The van der Waals surface area contributed by atoms with Crippen LogP contribution >= 0.6 is 0 Å². The molecule has 1 fully saturated rings. The zero-order chi connectivity index (χ0) is 17.8. The van der Waals surface area contributed by atoms with E-state index in [2.05, 4.69) is 36.5 Å². The Morgan fingerprint density at radius 1 is 1.00 bits per heavy atom. The molecule has 1 aliphatic rings. The molecule has 0 radical (unpaired) electrons. The lowest BCUT2D eigenvalue weighted by Crippen LogP contribution is -2.20. The number of halogens is 2. The highest BCUT2D eigenvalue weighted by Gasteiger charge is 2.24. The van der Waals surface area contributed by atoms with Crippen molar-refractivity contribution < 1.29 is 13.6 Å². The van der Waals surface area contributed by atoms with Gasteiger partial charge < -0.3 is 5.32 Å². The minimum atomic E-state index is -0.948. The van der Waals surface area contributed by atoms with Crippen molar-refractivity contribution in [2.75, 3.05) is 5.32 Å². The van der Waals surface area contributed by atoms with Crippen molar-refractivity contribution in [3.63, 3.8) is 0 Å². The lowest BCUT2D eigenvalue weighted by Gasteiger charge is -2.28. The molecule has 132 valence electrons. The van der Waals surface area contributed by atoms with Crippen molar-refractivity contribution >= 4 is 11.6 Å². The normalized spacial score (nSPS) is 20.3. The predicted molar refractivity (Wildman–Crippen MR) is 95.5 cm³/mol. The van der Waals surface area contributed by atoms with E-state index in [1.807, 2.05) is 0 Å². The van der Waals surface area contributed by atoms with E-state index in [0.29, 0.717) is 23.9 Å². The minimum Gasteiger partial charge on any atom is -0.326 e. The Morgan fingerprint density at radius 2 is 1.68 bits per heavy atom. The Hall–Kier alpha value is -2.23. The second kappa shape index (κ2) is 7.77. The third kappa shape index (κ3) is 4.65. The molecule has 3 rings (SSSR count). The van der Waals surface area contributed by atoms with Crippen LogP contribution in [0.15, 0.2) is 42.5 Å². The summed E-state index contributed by atoms with van der Waals surface area (Å²) in [5.74, 6) is -1.06. The second-order valence-corrected chi connectivity index (χ2v) is 7.01. The highest BCUT2D eigenvalue weighted by Crippen LogP contribution is 2.37. The van der Waals surface area contributed by atoms with Gasteiger partial charge in [0, 0.05) is 18.2 Å². The van der Waals surface area contributed by atoms with Gasteiger partial charge in [-0.25, -0.2) is 8.78 Å². The molecule has 1 amide bonds. The number of hydrogen-bond donors (Lipinski definition) is 1. The Kier molecular flexibility index (Phi) is 5.47. The molecule has 2 aromatic carbocycles. The fourth-order valence-corrected chi connectivity index (χ4v) is 3.59. The largest absolute Gasteiger partial charge is 0.326 e. The smallest absolute Gasteiger partial charge is 0.224 e. The Bertz CT molecular complexity index is 734. The number of carbonyl (C=O) groups excluding carboxylic acids is 1. The van der Waals surface area contributed by atoms with Crippen LogP contribution in [-0.2, 0) is 4.79 Å². The number of nitrogens with one attached hydrogen (secondary N) is 1. The summed E-state index contributed by atoms with van der Waals surface area (Å²) in [6.45, 7) is 2.09. The van der Waals surface area contributed by atoms with Gasteiger partial charge in [0.1, 0.15) is 0 Å². The molecule has 1 aliphatic carbocycles. The second-order valence-electron chi connectivity index (χ2n) is 7.01. The molecule has 2 nitrogen and oxygen atoms in total. The Labute approximate surface area is 147 Å². The van der Waals surface area contributed by atoms with E-state index in [0.717, 1.165) is 37.8 Å². The lowest BCUT2D eigenvalue weighted by molar-refractivity contribution is -0.117. The summed E-state index contributed by atoms with van der Waals surface area (Å²) in [5.41, 5.74) is 2.96. The highest BCUT2D eigenvalue weighted by atomic mass is 19.2. The zero-order valence-electron chi connectivity index (χ0n) is 14.4. The molecule has 0 unspecified atom stereocenters. The minimum absolute atomic E-state index is 0.134. The maximum atomic E-state index is 13.2. The van der Waals surface area contributed by atoms with Gasteiger partial charge in [-0.3, -0.25) is 4.79 Å². The maximum absolute atomic E-state index is 13.2. The average Bonchev–Trinajstić information content (AvgIpc) is 2.60. The van der Waals surface area contributed by atoms with Crippen LogP contribution in [-0.4, -0.2) is 5.91 Å². The summed E-state index contributed by atoms with van der Waals surface area (Å²) in [4.78, 5) is 12.1. The van der Waals surface area contributed by atoms with E-state index in [1.54, 1.807) is 0 Å². The van der Waals surface area contributed by atoms with Gasteiger partial charge in [-0.1, -0.05) is 29.8 Å². The van der Waals surface area contributed by atoms with Gasteiger partial charge >= 0.3 is 0 Å². The number of anilines is 1. The van der Waals surface area contributed by atoms with Gasteiger partial charge in [0.05, 0.1) is 0 Å². The average molecular weight is 343 g/mol. The Morgan fingerprint density at radius 3 is 2.32 bits per heavy atom. The zero-order valence-corrected chi connectivity index (χ0v) is 14.4. The van der Waals surface area contributed by atoms with E-state index >= 15 is 0 Å². The molecule has 0 aliphatic heterocycles. The number of amides is 1. The standard InChI is InChI=1S/C21H23F2NO/c1-14-2-6-16(7-3-14)17-8-4-15(5-9-17)12-21(25)24-18-10-11-19(22)20(23)13-18/h2-3,6-7,10-11,13,15,17H,4-5,8-9,12H2,1H3,(H,24,25). The molecule has 0 saturated heterocycles. The predicted octanol–water partition coefficient (Wildman–Crippen LogP) is 5.58. The van der Waals surface area contributed by atoms with E-state index < -0.39 is 11.6 Å². The number of carbonyl (C=O) groups is 1. The van der Waals surface area contributed by atoms with E-state index in [1.165, 1.54) is 17.2 Å². The third-order valence-corrected chi connectivity index (χ3v) is 5.07. The molecule has 2 aromatic rings. The monoisotopic (exact) mass is 343 g/mol. The van der Waals surface area contributed by atoms with Gasteiger partial charge in [-0.2, -0.15) is 0 Å². The topological polar surface area (TPSA) is 29.1 Å². The van der Waals surface area contributed by atoms with Crippen LogP contribution in [0.5, 0.6) is 0 Å². The van der Waals surface area contributed by atoms with Crippen molar-refractivity contribution in [3.05, 3.63) is 65.2 Å². The summed E-state index contributed by atoms with van der Waals surface area (Å²) >= 11 is 0. The number of benzene rings is 2. The van der Waals surface area contributed by atoms with Gasteiger partial charge in [0.15, 0.2) is 11.6 Å². The van der Waals surface area contributed by atoms with E-state index in [-0.39, 0.29) is 5.91 Å². The molecular weight excluding hydrogens is 320 g/mol. The van der Waals surface area contributed by atoms with Crippen molar-refractivity contribution in [2.45, 2.75) is 44.9 Å². The maximum Gasteiger partial charge on any atom is 0.224 e. The van der Waals surface area contributed by atoms with Gasteiger partial charge in [-0.05, 0) is 62.1 Å². The van der Waals surface area contributed by atoms with Crippen LogP contribution in [0.25, 0.3) is 0 Å². The molecular formula is C21H23F2NO. The first kappa shape index (κ1) is 17.6. The van der Waals surface area contributed by atoms with Crippen molar-refractivity contribution in [1.82, 2.24) is 0 Å². The van der Waals surface area contributed by atoms with Gasteiger partial charge in [0.25, 0.3) is 0 Å². The number of aryl methyl sites for hydroxylation is 1. The van der Waals surface area contributed by atoms with Crippen molar-refractivity contribution in [1.29, 1.82) is 0 Å². The van der Waals surface area contributed by atoms with Crippen LogP contribution in [0, 0.1) is 24.5 Å². The first-order chi connectivity index (χ1) is 12.0. The van der Waals surface area contributed by atoms with Crippen LogP contribution in [0.4, 0.5) is 14.5 Å². The first-order valence-corrected chi connectivity index (χ1v) is 8.82. The van der Waals surface area contributed by atoms with Crippen molar-refractivity contribution in [2.24, 2.45) is 5.92 Å². The van der Waals surface area contributed by atoms with Crippen LogP contribution in [0.3, 0.4) is 0 Å². The number of hydrogen-bond acceptors (Lipinski definition) is 1. The van der Waals surface area contributed by atoms with E-state index in [4.69, 9.17) is 0 Å². The lowest BCUT2D eigenvalue weighted by atomic mass is 9.77. The highest BCUT2D eigenvalue weighted by molar-refractivity contribution is 5.90. The van der Waals surface area contributed by atoms with E-state index in [9.17, 15) is 13.6 Å². The van der Waals surface area contributed by atoms with Crippen LogP contribution in [0.2, 0.25) is 0 Å².